The summed E-state index contributed by atoms with van der Waals surface area (Å²) in [7, 11) is -3.79. The monoisotopic (exact) mass is 615 g/mol. The van der Waals surface area contributed by atoms with Gasteiger partial charge >= 0.3 is 0 Å². The number of aliphatic hydroxyl groups excluding tert-OH is 1. The summed E-state index contributed by atoms with van der Waals surface area (Å²) >= 11 is 6.14. The van der Waals surface area contributed by atoms with Crippen molar-refractivity contribution in [1.29, 1.82) is 0 Å². The maximum Gasteiger partial charge on any atom is 0.206 e. The Morgan fingerprint density at radius 2 is 1.47 bits per heavy atom. The molecule has 1 atom stereocenters. The SMILES string of the molecule is O=S(=O)(c1ccc(CCN(Cc2ccccc2)C[C@H](O)c2cccc(Cl)c2)cc1)c1cccc(Oc2ccc(F)cc2)c1. The van der Waals surface area contributed by atoms with Crippen LogP contribution in [0.3, 0.4) is 0 Å². The van der Waals surface area contributed by atoms with Gasteiger partial charge in [0.2, 0.25) is 9.84 Å². The van der Waals surface area contributed by atoms with E-state index in [1.165, 1.54) is 36.4 Å². The Hall–Kier alpha value is -4.01. The summed E-state index contributed by atoms with van der Waals surface area (Å²) in [6.45, 7) is 1.72. The third-order valence-corrected chi connectivity index (χ3v) is 9.03. The average Bonchev–Trinajstić information content (AvgIpc) is 3.02. The molecule has 5 aromatic rings. The lowest BCUT2D eigenvalue weighted by Gasteiger charge is -2.25. The highest BCUT2D eigenvalue weighted by atomic mass is 35.5. The molecule has 0 aliphatic rings. The number of hydrogen-bond donors (Lipinski definition) is 1. The summed E-state index contributed by atoms with van der Waals surface area (Å²) in [5.41, 5.74) is 2.86. The predicted octanol–water partition coefficient (Wildman–Crippen LogP) is 7.88. The molecule has 5 aromatic carbocycles. The molecule has 0 heterocycles. The molecule has 43 heavy (non-hydrogen) atoms. The van der Waals surface area contributed by atoms with E-state index in [0.717, 1.165) is 16.7 Å². The Bertz CT molecular complexity index is 1750. The highest BCUT2D eigenvalue weighted by Gasteiger charge is 2.19. The minimum Gasteiger partial charge on any atom is -0.457 e. The molecule has 0 aliphatic heterocycles. The fraction of sp³-hybridized carbons (Fsp3) is 0.143. The molecule has 0 fully saturated rings. The van der Waals surface area contributed by atoms with Gasteiger partial charge in [-0.05, 0) is 89.8 Å². The second-order valence-corrected chi connectivity index (χ2v) is 12.6. The molecule has 0 amide bonds. The van der Waals surface area contributed by atoms with Gasteiger partial charge < -0.3 is 9.84 Å². The lowest BCUT2D eigenvalue weighted by Crippen LogP contribution is -2.30. The normalized spacial score (nSPS) is 12.3. The fourth-order valence-electron chi connectivity index (χ4n) is 4.74. The van der Waals surface area contributed by atoms with Crippen LogP contribution in [0.1, 0.15) is 22.8 Å². The van der Waals surface area contributed by atoms with E-state index in [4.69, 9.17) is 16.3 Å². The molecule has 0 spiro atoms. The number of aliphatic hydroxyl groups is 1. The van der Waals surface area contributed by atoms with Gasteiger partial charge in [-0.1, -0.05) is 72.3 Å². The average molecular weight is 616 g/mol. The van der Waals surface area contributed by atoms with Crippen LogP contribution in [0.4, 0.5) is 4.39 Å². The fourth-order valence-corrected chi connectivity index (χ4v) is 6.24. The van der Waals surface area contributed by atoms with Gasteiger partial charge in [-0.25, -0.2) is 12.8 Å². The molecule has 5 rings (SSSR count). The zero-order valence-corrected chi connectivity index (χ0v) is 24.9. The Morgan fingerprint density at radius 3 is 2.19 bits per heavy atom. The highest BCUT2D eigenvalue weighted by molar-refractivity contribution is 7.91. The van der Waals surface area contributed by atoms with Gasteiger partial charge in [-0.3, -0.25) is 4.90 Å². The van der Waals surface area contributed by atoms with Crippen molar-refractivity contribution in [2.75, 3.05) is 13.1 Å². The van der Waals surface area contributed by atoms with Gasteiger partial charge in [0.15, 0.2) is 0 Å². The van der Waals surface area contributed by atoms with Crippen LogP contribution in [0.15, 0.2) is 137 Å². The van der Waals surface area contributed by atoms with Crippen LogP contribution in [0.2, 0.25) is 5.02 Å². The number of rotatable bonds is 12. The number of nitrogens with zero attached hydrogens (tertiary/aromatic N) is 1. The van der Waals surface area contributed by atoms with Crippen molar-refractivity contribution in [1.82, 2.24) is 4.90 Å². The van der Waals surface area contributed by atoms with E-state index in [1.807, 2.05) is 42.5 Å². The van der Waals surface area contributed by atoms with Crippen molar-refractivity contribution in [3.05, 3.63) is 155 Å². The Labute approximate surface area is 256 Å². The molecule has 0 bridgehead atoms. The summed E-state index contributed by atoms with van der Waals surface area (Å²) in [5.74, 6) is 0.357. The molecule has 0 unspecified atom stereocenters. The first-order valence-corrected chi connectivity index (χ1v) is 15.7. The van der Waals surface area contributed by atoms with Crippen molar-refractivity contribution in [3.8, 4) is 11.5 Å². The zero-order chi connectivity index (χ0) is 30.2. The first kappa shape index (κ1) is 30.4. The zero-order valence-electron chi connectivity index (χ0n) is 23.3. The molecule has 8 heteroatoms. The van der Waals surface area contributed by atoms with Crippen LogP contribution in [-0.4, -0.2) is 31.5 Å². The summed E-state index contributed by atoms with van der Waals surface area (Å²) in [5, 5.41) is 11.5. The molecule has 220 valence electrons. The molecule has 0 radical (unpaired) electrons. The maximum absolute atomic E-state index is 13.4. The van der Waals surface area contributed by atoms with Crippen molar-refractivity contribution in [2.45, 2.75) is 28.9 Å². The number of ether oxygens (including phenoxy) is 1. The van der Waals surface area contributed by atoms with E-state index in [0.29, 0.717) is 42.6 Å². The van der Waals surface area contributed by atoms with Crippen LogP contribution in [0.5, 0.6) is 11.5 Å². The van der Waals surface area contributed by atoms with Gasteiger partial charge in [-0.15, -0.1) is 0 Å². The lowest BCUT2D eigenvalue weighted by molar-refractivity contribution is 0.109. The van der Waals surface area contributed by atoms with E-state index in [-0.39, 0.29) is 15.6 Å². The second kappa shape index (κ2) is 14.0. The van der Waals surface area contributed by atoms with E-state index < -0.39 is 15.9 Å². The van der Waals surface area contributed by atoms with Gasteiger partial charge in [0.1, 0.15) is 17.3 Å². The largest absolute Gasteiger partial charge is 0.457 e. The molecule has 0 saturated carbocycles. The first-order chi connectivity index (χ1) is 20.8. The molecule has 0 aliphatic carbocycles. The Kier molecular flexibility index (Phi) is 9.89. The maximum atomic E-state index is 13.4. The molecular weight excluding hydrogens is 585 g/mol. The number of sulfone groups is 1. The number of halogens is 2. The Morgan fingerprint density at radius 1 is 0.744 bits per heavy atom. The molecule has 1 N–H and O–H groups in total. The topological polar surface area (TPSA) is 66.8 Å². The quantitative estimate of drug-likeness (QED) is 0.155. The van der Waals surface area contributed by atoms with Crippen LogP contribution in [-0.2, 0) is 22.8 Å². The second-order valence-electron chi connectivity index (χ2n) is 10.2. The van der Waals surface area contributed by atoms with E-state index in [1.54, 1.807) is 36.4 Å². The van der Waals surface area contributed by atoms with Crippen molar-refractivity contribution < 1.29 is 22.7 Å². The summed E-state index contributed by atoms with van der Waals surface area (Å²) in [4.78, 5) is 2.45. The number of benzene rings is 5. The van der Waals surface area contributed by atoms with Crippen molar-refractivity contribution in [3.63, 3.8) is 0 Å². The van der Waals surface area contributed by atoms with E-state index >= 15 is 0 Å². The molecule has 0 aromatic heterocycles. The highest BCUT2D eigenvalue weighted by Crippen LogP contribution is 2.28. The minimum absolute atomic E-state index is 0.101. The van der Waals surface area contributed by atoms with Gasteiger partial charge in [0.25, 0.3) is 0 Å². The van der Waals surface area contributed by atoms with Crippen molar-refractivity contribution in [2.24, 2.45) is 0 Å². The van der Waals surface area contributed by atoms with Crippen molar-refractivity contribution >= 4 is 21.4 Å². The third-order valence-electron chi connectivity index (χ3n) is 7.03. The summed E-state index contributed by atoms with van der Waals surface area (Å²) in [6, 6.07) is 35.9. The molecule has 0 saturated heterocycles. The predicted molar refractivity (Wildman–Crippen MR) is 167 cm³/mol. The van der Waals surface area contributed by atoms with Crippen LogP contribution in [0, 0.1) is 5.82 Å². The van der Waals surface area contributed by atoms with Gasteiger partial charge in [0.05, 0.1) is 15.9 Å². The Balaban J connectivity index is 1.27. The van der Waals surface area contributed by atoms with E-state index in [2.05, 4.69) is 17.0 Å². The van der Waals surface area contributed by atoms with Gasteiger partial charge in [-0.2, -0.15) is 0 Å². The minimum atomic E-state index is -3.79. The standard InChI is InChI=1S/C35H31ClFNO4S/c36-29-9-4-8-28(22-29)35(39)25-38(24-27-6-2-1-3-7-27)21-20-26-12-18-33(19-13-26)43(40,41)34-11-5-10-32(23-34)42-31-16-14-30(37)15-17-31/h1-19,22-23,35,39H,20-21,24-25H2/t35-/m0/s1. The molecule has 5 nitrogen and oxygen atoms in total. The van der Waals surface area contributed by atoms with Crippen LogP contribution < -0.4 is 4.74 Å². The summed E-state index contributed by atoms with van der Waals surface area (Å²) < 4.78 is 45.7. The summed E-state index contributed by atoms with van der Waals surface area (Å²) in [6.07, 6.45) is -0.0473. The lowest BCUT2D eigenvalue weighted by atomic mass is 10.1. The number of hydrogen-bond acceptors (Lipinski definition) is 5. The smallest absolute Gasteiger partial charge is 0.206 e. The first-order valence-electron chi connectivity index (χ1n) is 13.8. The van der Waals surface area contributed by atoms with Crippen LogP contribution in [0.25, 0.3) is 0 Å². The van der Waals surface area contributed by atoms with Crippen LogP contribution >= 0.6 is 11.6 Å². The third kappa shape index (κ3) is 8.30. The van der Waals surface area contributed by atoms with Gasteiger partial charge in [0, 0.05) is 24.7 Å². The van der Waals surface area contributed by atoms with E-state index in [9.17, 15) is 17.9 Å². The molecular formula is C35H31ClFNO4S.